The minimum absolute atomic E-state index is 0.159. The number of benzene rings is 1. The summed E-state index contributed by atoms with van der Waals surface area (Å²) in [6, 6.07) is 7.40. The summed E-state index contributed by atoms with van der Waals surface area (Å²) >= 11 is 0. The van der Waals surface area contributed by atoms with Gasteiger partial charge in [0, 0.05) is 39.2 Å². The van der Waals surface area contributed by atoms with Crippen LogP contribution < -0.4 is 9.64 Å². The Labute approximate surface area is 156 Å². The third-order valence-electron chi connectivity index (χ3n) is 5.04. The highest BCUT2D eigenvalue weighted by Crippen LogP contribution is 2.37. The average molecular weight is 373 g/mol. The van der Waals surface area contributed by atoms with Gasteiger partial charge in [-0.05, 0) is 24.7 Å². The summed E-state index contributed by atoms with van der Waals surface area (Å²) in [6.45, 7) is -1.05. The van der Waals surface area contributed by atoms with Crippen LogP contribution in [0, 0.1) is 0 Å². The van der Waals surface area contributed by atoms with Gasteiger partial charge in [0.25, 0.3) is 0 Å². The van der Waals surface area contributed by atoms with Crippen LogP contribution in [0.25, 0.3) is 11.0 Å². The summed E-state index contributed by atoms with van der Waals surface area (Å²) < 4.78 is 32.7. The van der Waals surface area contributed by atoms with Crippen molar-refractivity contribution in [2.24, 2.45) is 7.05 Å². The predicted molar refractivity (Wildman–Crippen MR) is 99.9 cm³/mol. The molecule has 6 nitrogen and oxygen atoms in total. The maximum absolute atomic E-state index is 13.0. The molecule has 8 heteroatoms. The summed E-state index contributed by atoms with van der Waals surface area (Å²) in [5, 5.41) is 0. The second-order valence-electron chi connectivity index (χ2n) is 6.97. The van der Waals surface area contributed by atoms with Crippen LogP contribution in [0.1, 0.15) is 11.5 Å². The van der Waals surface area contributed by atoms with Crippen LogP contribution in [0.4, 0.5) is 20.3 Å². The Bertz CT molecular complexity index is 968. The second kappa shape index (κ2) is 6.77. The molecule has 2 aromatic heterocycles. The highest BCUT2D eigenvalue weighted by atomic mass is 19.3. The highest BCUT2D eigenvalue weighted by molar-refractivity contribution is 5.79. The molecule has 0 saturated carbocycles. The number of nitrogens with zero attached hydrogens (tertiary/aromatic N) is 5. The number of pyridine rings is 1. The molecule has 4 rings (SSSR count). The maximum atomic E-state index is 13.0. The number of aromatic nitrogens is 3. The Hall–Kier alpha value is -2.74. The Balaban J connectivity index is 1.70. The summed E-state index contributed by atoms with van der Waals surface area (Å²) in [5.74, 6) is 1.13. The van der Waals surface area contributed by atoms with Crippen molar-refractivity contribution in [2.45, 2.75) is 12.5 Å². The number of hydrogen-bond acceptors (Lipinski definition) is 5. The van der Waals surface area contributed by atoms with Crippen LogP contribution in [0.2, 0.25) is 0 Å². The van der Waals surface area contributed by atoms with E-state index < -0.39 is 6.61 Å². The topological polar surface area (TPSA) is 46.4 Å². The third kappa shape index (κ3) is 3.32. The quantitative estimate of drug-likeness (QED) is 0.686. The largest absolute Gasteiger partial charge is 0.433 e. The SMILES string of the molecule is CN1CC(c2ccc(N(C)c3cc4c(cn3)ncn4C)c(OC(F)F)c2)C1. The average Bonchev–Trinajstić information content (AvgIpc) is 2.98. The lowest BCUT2D eigenvalue weighted by atomic mass is 9.91. The van der Waals surface area contributed by atoms with Crippen molar-refractivity contribution in [3.05, 3.63) is 42.4 Å². The third-order valence-corrected chi connectivity index (χ3v) is 5.04. The van der Waals surface area contributed by atoms with Crippen LogP contribution in [0.3, 0.4) is 0 Å². The van der Waals surface area contributed by atoms with E-state index in [0.29, 0.717) is 17.4 Å². The molecule has 0 bridgehead atoms. The highest BCUT2D eigenvalue weighted by Gasteiger charge is 2.26. The van der Waals surface area contributed by atoms with Crippen molar-refractivity contribution in [3.63, 3.8) is 0 Å². The van der Waals surface area contributed by atoms with E-state index in [1.54, 1.807) is 30.5 Å². The Morgan fingerprint density at radius 1 is 1.19 bits per heavy atom. The second-order valence-corrected chi connectivity index (χ2v) is 6.97. The Kier molecular flexibility index (Phi) is 4.43. The van der Waals surface area contributed by atoms with E-state index in [1.165, 1.54) is 0 Å². The van der Waals surface area contributed by atoms with E-state index >= 15 is 0 Å². The molecule has 0 amide bonds. The zero-order chi connectivity index (χ0) is 19.1. The number of rotatable bonds is 5. The van der Waals surface area contributed by atoms with E-state index in [0.717, 1.165) is 29.7 Å². The molecular formula is C19H21F2N5O. The number of halogens is 2. The van der Waals surface area contributed by atoms with Gasteiger partial charge in [0.05, 0.1) is 23.7 Å². The van der Waals surface area contributed by atoms with Crippen LogP contribution in [0.15, 0.2) is 36.8 Å². The number of hydrogen-bond donors (Lipinski definition) is 0. The number of likely N-dealkylation sites (N-methyl/N-ethyl adjacent to an activating group) is 1. The molecule has 1 aliphatic heterocycles. The minimum atomic E-state index is -2.89. The van der Waals surface area contributed by atoms with Crippen LogP contribution in [-0.4, -0.2) is 53.2 Å². The minimum Gasteiger partial charge on any atom is -0.433 e. The zero-order valence-corrected chi connectivity index (χ0v) is 15.4. The lowest BCUT2D eigenvalue weighted by molar-refractivity contribution is -0.0495. The number of anilines is 2. The molecule has 0 radical (unpaired) electrons. The fraction of sp³-hybridized carbons (Fsp3) is 0.368. The van der Waals surface area contributed by atoms with E-state index in [4.69, 9.17) is 4.74 Å². The zero-order valence-electron chi connectivity index (χ0n) is 15.4. The smallest absolute Gasteiger partial charge is 0.387 e. The summed E-state index contributed by atoms with van der Waals surface area (Å²) in [7, 11) is 5.72. The van der Waals surface area contributed by atoms with Gasteiger partial charge >= 0.3 is 6.61 Å². The van der Waals surface area contributed by atoms with Crippen molar-refractivity contribution in [1.29, 1.82) is 0 Å². The molecule has 0 atom stereocenters. The molecule has 1 aromatic carbocycles. The van der Waals surface area contributed by atoms with E-state index in [-0.39, 0.29) is 5.75 Å². The number of alkyl halides is 2. The van der Waals surface area contributed by atoms with Gasteiger partial charge in [-0.25, -0.2) is 9.97 Å². The van der Waals surface area contributed by atoms with E-state index in [9.17, 15) is 8.78 Å². The first-order valence-electron chi connectivity index (χ1n) is 8.70. The standard InChI is InChI=1S/C19H21F2N5O/c1-24-9-13(10-24)12-4-5-15(17(6-12)27-19(20)21)26(3)18-7-16-14(8-22-18)23-11-25(16)2/h4-8,11,13,19H,9-10H2,1-3H3. The van der Waals surface area contributed by atoms with Gasteiger partial charge < -0.3 is 19.1 Å². The normalized spacial score (nSPS) is 15.3. The molecule has 1 saturated heterocycles. The first-order valence-corrected chi connectivity index (χ1v) is 8.70. The summed E-state index contributed by atoms with van der Waals surface area (Å²) in [5.41, 5.74) is 3.25. The summed E-state index contributed by atoms with van der Waals surface area (Å²) in [4.78, 5) is 12.6. The van der Waals surface area contributed by atoms with Gasteiger partial charge in [-0.1, -0.05) is 6.07 Å². The molecule has 1 aliphatic rings. The molecule has 27 heavy (non-hydrogen) atoms. The number of ether oxygens (including phenoxy) is 1. The molecule has 3 heterocycles. The van der Waals surface area contributed by atoms with E-state index in [2.05, 4.69) is 14.9 Å². The van der Waals surface area contributed by atoms with Crippen LogP contribution in [0.5, 0.6) is 5.75 Å². The van der Waals surface area contributed by atoms with Crippen molar-refractivity contribution < 1.29 is 13.5 Å². The number of likely N-dealkylation sites (tertiary alicyclic amines) is 1. The molecule has 0 unspecified atom stereocenters. The van der Waals surface area contributed by atoms with Crippen LogP contribution >= 0.6 is 0 Å². The monoisotopic (exact) mass is 373 g/mol. The van der Waals surface area contributed by atoms with Crippen molar-refractivity contribution >= 4 is 22.5 Å². The Morgan fingerprint density at radius 3 is 2.67 bits per heavy atom. The molecule has 3 aromatic rings. The number of aryl methyl sites for hydroxylation is 1. The van der Waals surface area contributed by atoms with Crippen molar-refractivity contribution in [2.75, 3.05) is 32.1 Å². The van der Waals surface area contributed by atoms with Crippen molar-refractivity contribution in [3.8, 4) is 5.75 Å². The van der Waals surface area contributed by atoms with Gasteiger partial charge in [0.2, 0.25) is 0 Å². The number of imidazole rings is 1. The van der Waals surface area contributed by atoms with Gasteiger partial charge in [-0.15, -0.1) is 0 Å². The fourth-order valence-electron chi connectivity index (χ4n) is 3.49. The van der Waals surface area contributed by atoms with E-state index in [1.807, 2.05) is 36.9 Å². The van der Waals surface area contributed by atoms with Gasteiger partial charge in [0.1, 0.15) is 17.1 Å². The summed E-state index contributed by atoms with van der Waals surface area (Å²) in [6.07, 6.45) is 3.39. The molecule has 0 spiro atoms. The first kappa shape index (κ1) is 17.7. The van der Waals surface area contributed by atoms with Crippen LogP contribution in [-0.2, 0) is 7.05 Å². The first-order chi connectivity index (χ1) is 12.9. The van der Waals surface area contributed by atoms with Crippen molar-refractivity contribution in [1.82, 2.24) is 19.4 Å². The van der Waals surface area contributed by atoms with Gasteiger partial charge in [-0.3, -0.25) is 0 Å². The predicted octanol–water partition coefficient (Wildman–Crippen LogP) is 3.37. The Morgan fingerprint density at radius 2 is 1.96 bits per heavy atom. The fourth-order valence-corrected chi connectivity index (χ4v) is 3.49. The molecule has 0 aliphatic carbocycles. The van der Waals surface area contributed by atoms with Gasteiger partial charge in [0.15, 0.2) is 0 Å². The lowest BCUT2D eigenvalue weighted by Crippen LogP contribution is -2.41. The molecule has 142 valence electrons. The lowest BCUT2D eigenvalue weighted by Gasteiger charge is -2.37. The molecule has 0 N–H and O–H groups in total. The number of fused-ring (bicyclic) bond motifs is 1. The molecule has 1 fully saturated rings. The molecular weight excluding hydrogens is 352 g/mol. The van der Waals surface area contributed by atoms with Gasteiger partial charge in [-0.2, -0.15) is 8.78 Å². The maximum Gasteiger partial charge on any atom is 0.387 e.